The molecule has 2 fully saturated rings. The van der Waals surface area contributed by atoms with Gasteiger partial charge in [0.1, 0.15) is 23.8 Å². The number of aryl methyl sites for hydroxylation is 2. The fourth-order valence-corrected chi connectivity index (χ4v) is 18.6. The third-order valence-corrected chi connectivity index (χ3v) is 24.5. The predicted octanol–water partition coefficient (Wildman–Crippen LogP) is 6.61. The van der Waals surface area contributed by atoms with Gasteiger partial charge in [-0.2, -0.15) is 5.70 Å². The Morgan fingerprint density at radius 1 is 0.830 bits per heavy atom. The maximum absolute atomic E-state index is 14.4. The van der Waals surface area contributed by atoms with Crippen molar-refractivity contribution in [2.45, 2.75) is 189 Å². The zero-order valence-corrected chi connectivity index (χ0v) is 65.8. The summed E-state index contributed by atoms with van der Waals surface area (Å²) >= 11 is 8.00. The van der Waals surface area contributed by atoms with Crippen molar-refractivity contribution in [2.24, 2.45) is 94.7 Å². The molecule has 106 heavy (non-hydrogen) atoms. The van der Waals surface area contributed by atoms with Gasteiger partial charge in [0.2, 0.25) is 41.4 Å². The second-order valence-electron chi connectivity index (χ2n) is 29.6. The first-order valence-electron chi connectivity index (χ1n) is 34.3. The molecule has 0 aliphatic carbocycles. The van der Waals surface area contributed by atoms with Crippen LogP contribution in [-0.2, 0) is 68.7 Å². The van der Waals surface area contributed by atoms with Gasteiger partial charge in [-0.15, -0.1) is 0 Å². The molecule has 2 aromatic carbocycles. The van der Waals surface area contributed by atoms with Gasteiger partial charge in [-0.05, 0) is 160 Å². The summed E-state index contributed by atoms with van der Waals surface area (Å²) in [5.41, 5.74) is 37.2. The molecule has 0 saturated carbocycles. The Hall–Kier alpha value is -7.55. The topological polar surface area (TPSA) is 522 Å². The van der Waals surface area contributed by atoms with Crippen LogP contribution in [0.5, 0.6) is 5.75 Å². The molecule has 8 bridgehead atoms. The maximum Gasteiger partial charge on any atom is 3.00 e. The molecule has 0 radical (unpaired) electrons. The summed E-state index contributed by atoms with van der Waals surface area (Å²) in [5, 5.41) is 47.4. The normalized spacial score (nSPS) is 30.4. The number of rotatable bonds is 26. The Morgan fingerprint density at radius 2 is 1.43 bits per heavy atom. The summed E-state index contributed by atoms with van der Waals surface area (Å²) in [5.74, 6) is -7.21. The van der Waals surface area contributed by atoms with Gasteiger partial charge in [-0.1, -0.05) is 52.3 Å². The van der Waals surface area contributed by atoms with Crippen LogP contribution >= 0.6 is 42.0 Å². The number of aromatic nitrogens is 3. The number of aliphatic imine (C=N–C) groups is 3. The van der Waals surface area contributed by atoms with Crippen LogP contribution in [0.1, 0.15) is 150 Å². The van der Waals surface area contributed by atoms with Crippen LogP contribution in [0.25, 0.3) is 27.3 Å². The number of nitrogens with two attached hydrogens (primary N) is 6. The summed E-state index contributed by atoms with van der Waals surface area (Å²) in [7, 11) is -5.32. The van der Waals surface area contributed by atoms with E-state index in [1.165, 1.54) is 17.8 Å². The number of phosphoric acid groups is 1. The number of nitrogens with one attached hydrogen (secondary N) is 1. The number of phenolic OH excluding ortho intramolecular Hbond substituents is 1. The van der Waals surface area contributed by atoms with Crippen molar-refractivity contribution >= 4 is 122 Å². The second-order valence-corrected chi connectivity index (χ2v) is 32.5. The van der Waals surface area contributed by atoms with Crippen LogP contribution in [-0.4, -0.2) is 137 Å². The molecule has 6 aliphatic rings. The molecular formula is C72H93ClCoIN15O15P. The molecule has 0 spiro atoms. The van der Waals surface area contributed by atoms with E-state index in [9.17, 15) is 58.3 Å². The Labute approximate surface area is 643 Å². The van der Waals surface area contributed by atoms with Crippen LogP contribution in [0.3, 0.4) is 0 Å². The van der Waals surface area contributed by atoms with Gasteiger partial charge < -0.3 is 95.4 Å². The van der Waals surface area contributed by atoms with Gasteiger partial charge in [-0.25, -0.2) is 4.98 Å². The van der Waals surface area contributed by atoms with E-state index in [0.717, 1.165) is 16.5 Å². The van der Waals surface area contributed by atoms with Crippen molar-refractivity contribution in [1.82, 2.24) is 19.9 Å². The summed E-state index contributed by atoms with van der Waals surface area (Å²) in [6, 6.07) is 8.00. The standard InChI is InChI=1S/C62H90N13O14P.C9H5ClINO.CN.Co/c1-29-20-39-40(21-30(29)2)75(28-70-39)57-52(84)53(41(27-76)87-57)89-90(85,86)88-31(3)26-69-49(83)18-19-59(8)37(22-46(66)80)56-62(11)61(10,25-48(68)82)36(14-17-45(65)79)51(74-62)33(5)55-60(9,24-47(67)81)34(12-15-43(63)77)38(71-55)23-42-58(6,7)35(13-16-44(64)78)50(72-42)32(4)54(59)73-56;10-6-4-7(11)9(13)8-5(6)2-1-3-12-8;1-2;/h20-21,23,28,31,34-37,41,52-53,56-57,76,84H,12-19,22,24-27H2,1-11H3,(H15,63,64,65,66,67,68,69,71,72,73,74,77,78,79,80,81,82,83,85,86);1-4,13H;;/q;;-1;+3/p-2/t31-,34-,35-,36-,37+,41-,52-,53-,56-,57+,59-,60+,61+,62+;;;/m1.../s1. The van der Waals surface area contributed by atoms with Gasteiger partial charge in [0, 0.05) is 120 Å². The molecule has 2 aromatic heterocycles. The molecule has 34 heteroatoms. The number of hydrogen-bond acceptors (Lipinski definition) is 21. The Balaban J connectivity index is 0.000000871. The number of nitrogens with zero attached hydrogens (tertiary/aromatic N) is 8. The first kappa shape index (κ1) is 85.7. The quantitative estimate of drug-likeness (QED) is 0.0180. The average molecular weight is 1660 g/mol. The maximum atomic E-state index is 14.4. The molecule has 10 rings (SSSR count). The third-order valence-electron chi connectivity index (χ3n) is 22.2. The third kappa shape index (κ3) is 17.1. The number of aliphatic hydroxyl groups excluding tert-OH is 2. The monoisotopic (exact) mass is 1660 g/mol. The number of allylic oxidation sites excluding steroid dienone is 6. The number of fused-ring (bicyclic) bond motifs is 8. The van der Waals surface area contributed by atoms with Gasteiger partial charge in [0.15, 0.2) is 12.0 Å². The fourth-order valence-electron chi connectivity index (χ4n) is 16.5. The number of benzene rings is 2. The number of phenols is 1. The van der Waals surface area contributed by atoms with Crippen LogP contribution in [0, 0.1) is 74.6 Å². The minimum Gasteiger partial charge on any atom is -0.756 e. The fraction of sp³-hybridized carbons (Fsp3) is 0.542. The van der Waals surface area contributed by atoms with Gasteiger partial charge >= 0.3 is 16.8 Å². The molecule has 16 N–H and O–H groups in total. The van der Waals surface area contributed by atoms with E-state index in [4.69, 9.17) is 91.9 Å². The first-order valence-corrected chi connectivity index (χ1v) is 37.3. The number of phosphoric ester groups is 1. The molecule has 2 saturated heterocycles. The number of imidazole rings is 1. The van der Waals surface area contributed by atoms with Crippen molar-refractivity contribution in [3.05, 3.63) is 109 Å². The minimum atomic E-state index is -5.32. The van der Waals surface area contributed by atoms with Gasteiger partial charge in [-0.3, -0.25) is 58.1 Å². The van der Waals surface area contributed by atoms with Crippen LogP contribution < -0.4 is 44.6 Å². The molecule has 8 heterocycles. The van der Waals surface area contributed by atoms with E-state index in [1.807, 2.05) is 109 Å². The van der Waals surface area contributed by atoms with Crippen molar-refractivity contribution in [2.75, 3.05) is 13.2 Å². The molecular weight excluding hydrogens is 1570 g/mol. The van der Waals surface area contributed by atoms with E-state index in [0.29, 0.717) is 70.5 Å². The van der Waals surface area contributed by atoms with Crippen molar-refractivity contribution in [3.63, 3.8) is 0 Å². The van der Waals surface area contributed by atoms with E-state index >= 15 is 0 Å². The predicted molar refractivity (Wildman–Crippen MR) is 398 cm³/mol. The Kier molecular flexibility index (Phi) is 27.1. The van der Waals surface area contributed by atoms with Crippen LogP contribution in [0.4, 0.5) is 0 Å². The summed E-state index contributed by atoms with van der Waals surface area (Å²) < 4.78 is 32.6. The van der Waals surface area contributed by atoms with Crippen LogP contribution in [0.2, 0.25) is 5.02 Å². The SMILES string of the molecule is C/C1=C2/[N-][C@H]([C@H](CC(N)=O)[C@@]2(C)CCC(=O)NC[C@@H](C)OP(=O)([O-])O[C@H]2[C@@H](O)[C@@H](n3cnc4cc(C)c(C)cc43)O[C@@H]2CO)[C@]2(C)N=C(/C(C)=C3N=C(/C=C4N=C1[C@@H](CCC(N)=O)C\4(C)C)[C@@H](CCC(N)=O)[C@]\3(C)CC(N)=O)[C@@H](CCC(N)=O)[C@]2(C)CC(N)=O.Oc1c(I)cc(Cl)c2cccnc12.[C-]#N.[Co+3]. The second kappa shape index (κ2) is 33.5. The van der Waals surface area contributed by atoms with Crippen molar-refractivity contribution in [3.8, 4) is 5.75 Å². The molecule has 30 nitrogen and oxygen atoms in total. The number of carbonyl (C=O) groups is 7. The number of ether oxygens (including phenoxy) is 1. The number of hydrogen-bond donors (Lipinski definition) is 10. The largest absolute Gasteiger partial charge is 3.00 e. The number of pyridine rings is 1. The zero-order valence-electron chi connectivity index (χ0n) is 60.9. The molecule has 15 atom stereocenters. The van der Waals surface area contributed by atoms with E-state index in [1.54, 1.807) is 25.3 Å². The molecule has 1 unspecified atom stereocenters. The number of amides is 7. The first-order chi connectivity index (χ1) is 49.0. The average Bonchev–Trinajstić information content (AvgIpc) is 1.53. The van der Waals surface area contributed by atoms with Crippen LogP contribution in [0.15, 0.2) is 92.1 Å². The van der Waals surface area contributed by atoms with Gasteiger partial charge in [0.05, 0.1) is 49.9 Å². The van der Waals surface area contributed by atoms with Crippen molar-refractivity contribution in [1.29, 1.82) is 5.26 Å². The van der Waals surface area contributed by atoms with E-state index in [-0.39, 0.29) is 99.7 Å². The summed E-state index contributed by atoms with van der Waals surface area (Å²) in [6.07, 6.45) is -3.16. The number of halogens is 2. The molecule has 6 aliphatic heterocycles. The number of aliphatic hydroxyl groups is 2. The van der Waals surface area contributed by atoms with E-state index in [2.05, 4.69) is 15.3 Å². The minimum absolute atomic E-state index is 0. The number of carbonyl (C=O) groups excluding carboxylic acids is 7. The Morgan fingerprint density at radius 3 is 2.03 bits per heavy atom. The summed E-state index contributed by atoms with van der Waals surface area (Å²) in [6.45, 7) is 23.7. The molecule has 574 valence electrons. The van der Waals surface area contributed by atoms with Gasteiger partial charge in [0.25, 0.3) is 7.82 Å². The van der Waals surface area contributed by atoms with E-state index < -0.39 is 143 Å². The summed E-state index contributed by atoms with van der Waals surface area (Å²) in [4.78, 5) is 132. The van der Waals surface area contributed by atoms with Crippen molar-refractivity contribution < 1.29 is 88.9 Å². The Bertz CT molecular complexity index is 4430. The number of aromatic hydroxyl groups is 1. The molecule has 4 aromatic rings. The zero-order chi connectivity index (χ0) is 78.1. The molecule has 7 amide bonds. The number of primary amides is 6. The smallest absolute Gasteiger partial charge is 0.756 e.